The molecule has 3 aromatic carbocycles. The molecule has 5 rings (SSSR count). The molecule has 0 amide bonds. The van der Waals surface area contributed by atoms with E-state index in [9.17, 15) is 0 Å². The molecule has 21 heavy (non-hydrogen) atoms. The smallest absolute Gasteiger partial charge is 0.139 e. The van der Waals surface area contributed by atoms with Crippen LogP contribution < -0.4 is 0 Å². The van der Waals surface area contributed by atoms with Gasteiger partial charge in [-0.15, -0.1) is 0 Å². The maximum absolute atomic E-state index is 5.98. The van der Waals surface area contributed by atoms with Crippen molar-refractivity contribution >= 4 is 43.9 Å². The number of rotatable bonds is 0. The van der Waals surface area contributed by atoms with Crippen molar-refractivity contribution in [1.29, 1.82) is 0 Å². The van der Waals surface area contributed by atoms with Gasteiger partial charge in [-0.2, -0.15) is 0 Å². The lowest BCUT2D eigenvalue weighted by Gasteiger charge is -1.98. The zero-order valence-electron chi connectivity index (χ0n) is 11.5. The largest absolute Gasteiger partial charge is 0.456 e. The van der Waals surface area contributed by atoms with Gasteiger partial charge in [0.2, 0.25) is 0 Å². The summed E-state index contributed by atoms with van der Waals surface area (Å²) in [4.78, 5) is 0. The summed E-state index contributed by atoms with van der Waals surface area (Å²) in [6.07, 6.45) is 0. The van der Waals surface area contributed by atoms with Crippen LogP contribution in [-0.2, 0) is 0 Å². The van der Waals surface area contributed by atoms with E-state index in [0.717, 1.165) is 33.1 Å². The Balaban J connectivity index is 2.12. The summed E-state index contributed by atoms with van der Waals surface area (Å²) in [6.45, 7) is 2.15. The zero-order valence-corrected chi connectivity index (χ0v) is 11.5. The highest BCUT2D eigenvalue weighted by molar-refractivity contribution is 6.17. The van der Waals surface area contributed by atoms with Gasteiger partial charge in [0.25, 0.3) is 0 Å². The van der Waals surface area contributed by atoms with Crippen LogP contribution in [0.5, 0.6) is 0 Å². The Hall–Kier alpha value is -2.74. The molecular formula is C19H12O2. The van der Waals surface area contributed by atoms with Crippen LogP contribution >= 0.6 is 0 Å². The van der Waals surface area contributed by atoms with Crippen LogP contribution in [0.2, 0.25) is 0 Å². The van der Waals surface area contributed by atoms with Crippen LogP contribution in [0.25, 0.3) is 43.9 Å². The Kier molecular flexibility index (Phi) is 1.92. The molecule has 0 spiro atoms. The number of hydrogen-bond donors (Lipinski definition) is 0. The van der Waals surface area contributed by atoms with Crippen molar-refractivity contribution in [1.82, 2.24) is 0 Å². The molecule has 0 saturated carbocycles. The maximum Gasteiger partial charge on any atom is 0.139 e. The minimum absolute atomic E-state index is 0.889. The summed E-state index contributed by atoms with van der Waals surface area (Å²) in [5.74, 6) is 0. The van der Waals surface area contributed by atoms with Gasteiger partial charge in [-0.1, -0.05) is 36.4 Å². The topological polar surface area (TPSA) is 26.3 Å². The Labute approximate surface area is 120 Å². The van der Waals surface area contributed by atoms with Gasteiger partial charge in [-0.05, 0) is 24.6 Å². The third kappa shape index (κ3) is 1.32. The Morgan fingerprint density at radius 2 is 1.10 bits per heavy atom. The molecule has 0 unspecified atom stereocenters. The van der Waals surface area contributed by atoms with Crippen LogP contribution in [-0.4, -0.2) is 0 Å². The fraction of sp³-hybridized carbons (Fsp3) is 0.0526. The van der Waals surface area contributed by atoms with Gasteiger partial charge in [0, 0.05) is 27.6 Å². The molecule has 100 valence electrons. The minimum Gasteiger partial charge on any atom is -0.456 e. The zero-order chi connectivity index (χ0) is 14.0. The Bertz CT molecular complexity index is 1050. The van der Waals surface area contributed by atoms with Crippen molar-refractivity contribution in [2.24, 2.45) is 0 Å². The molecular weight excluding hydrogens is 260 g/mol. The molecule has 0 aliphatic heterocycles. The highest BCUT2D eigenvalue weighted by Crippen LogP contribution is 2.39. The van der Waals surface area contributed by atoms with Crippen molar-refractivity contribution < 1.29 is 8.83 Å². The summed E-state index contributed by atoms with van der Waals surface area (Å²) in [5.41, 5.74) is 4.85. The van der Waals surface area contributed by atoms with E-state index in [1.165, 1.54) is 16.3 Å². The second-order valence-corrected chi connectivity index (χ2v) is 5.44. The van der Waals surface area contributed by atoms with E-state index in [1.807, 2.05) is 30.3 Å². The first kappa shape index (κ1) is 11.0. The van der Waals surface area contributed by atoms with Gasteiger partial charge in [0.1, 0.15) is 22.3 Å². The quantitative estimate of drug-likeness (QED) is 0.356. The van der Waals surface area contributed by atoms with Crippen LogP contribution in [0.15, 0.2) is 63.4 Å². The number of hydrogen-bond acceptors (Lipinski definition) is 2. The molecule has 0 N–H and O–H groups in total. The molecule has 0 fully saturated rings. The SMILES string of the molecule is Cc1c2c(cc3oc4ccccc4c13)oc1ccccc12. The van der Waals surface area contributed by atoms with Crippen molar-refractivity contribution in [3.63, 3.8) is 0 Å². The molecule has 0 aliphatic rings. The van der Waals surface area contributed by atoms with Gasteiger partial charge in [0.05, 0.1) is 0 Å². The van der Waals surface area contributed by atoms with E-state index in [1.54, 1.807) is 0 Å². The van der Waals surface area contributed by atoms with Crippen LogP contribution in [0.4, 0.5) is 0 Å². The average Bonchev–Trinajstić information content (AvgIpc) is 3.04. The summed E-state index contributed by atoms with van der Waals surface area (Å²) in [7, 11) is 0. The van der Waals surface area contributed by atoms with E-state index in [0.29, 0.717) is 0 Å². The standard InChI is InChI=1S/C19H12O2/c1-11-18-12-6-2-4-8-14(12)20-16(18)10-17-19(11)13-7-3-5-9-15(13)21-17/h2-10H,1H3. The predicted octanol–water partition coefficient (Wildman–Crippen LogP) is 5.79. The van der Waals surface area contributed by atoms with Crippen molar-refractivity contribution in [2.45, 2.75) is 6.92 Å². The molecule has 0 bridgehead atoms. The molecule has 0 saturated heterocycles. The van der Waals surface area contributed by atoms with Crippen molar-refractivity contribution in [3.8, 4) is 0 Å². The molecule has 0 atom stereocenters. The molecule has 0 radical (unpaired) electrons. The lowest BCUT2D eigenvalue weighted by Crippen LogP contribution is -1.77. The third-order valence-corrected chi connectivity index (χ3v) is 4.26. The average molecular weight is 272 g/mol. The first-order valence-corrected chi connectivity index (χ1v) is 7.05. The first-order valence-electron chi connectivity index (χ1n) is 7.05. The Morgan fingerprint density at radius 1 is 0.619 bits per heavy atom. The summed E-state index contributed by atoms with van der Waals surface area (Å²) in [5, 5.41) is 4.70. The third-order valence-electron chi connectivity index (χ3n) is 4.26. The van der Waals surface area contributed by atoms with Crippen molar-refractivity contribution in [3.05, 3.63) is 60.2 Å². The van der Waals surface area contributed by atoms with E-state index in [-0.39, 0.29) is 0 Å². The fourth-order valence-corrected chi connectivity index (χ4v) is 3.35. The second kappa shape index (κ2) is 3.67. The predicted molar refractivity (Wildman–Crippen MR) is 85.7 cm³/mol. The van der Waals surface area contributed by atoms with Gasteiger partial charge in [-0.3, -0.25) is 0 Å². The van der Waals surface area contributed by atoms with E-state index < -0.39 is 0 Å². The number of benzene rings is 3. The first-order chi connectivity index (χ1) is 10.3. The summed E-state index contributed by atoms with van der Waals surface area (Å²) < 4.78 is 12.0. The molecule has 0 aliphatic carbocycles. The second-order valence-electron chi connectivity index (χ2n) is 5.44. The maximum atomic E-state index is 5.98. The van der Waals surface area contributed by atoms with Gasteiger partial charge in [-0.25, -0.2) is 0 Å². The number of fused-ring (bicyclic) bond motifs is 6. The molecule has 2 heteroatoms. The van der Waals surface area contributed by atoms with Gasteiger partial charge < -0.3 is 8.83 Å². The van der Waals surface area contributed by atoms with Crippen LogP contribution in [0.3, 0.4) is 0 Å². The fourth-order valence-electron chi connectivity index (χ4n) is 3.35. The highest BCUT2D eigenvalue weighted by atomic mass is 16.3. The number of para-hydroxylation sites is 2. The van der Waals surface area contributed by atoms with E-state index in [4.69, 9.17) is 8.83 Å². The Morgan fingerprint density at radius 3 is 1.62 bits per heavy atom. The van der Waals surface area contributed by atoms with Crippen molar-refractivity contribution in [2.75, 3.05) is 0 Å². The minimum atomic E-state index is 0.889. The molecule has 2 nitrogen and oxygen atoms in total. The summed E-state index contributed by atoms with van der Waals surface area (Å²) >= 11 is 0. The monoisotopic (exact) mass is 272 g/mol. The van der Waals surface area contributed by atoms with Gasteiger partial charge >= 0.3 is 0 Å². The highest BCUT2D eigenvalue weighted by Gasteiger charge is 2.16. The van der Waals surface area contributed by atoms with Crippen LogP contribution in [0.1, 0.15) is 5.56 Å². The van der Waals surface area contributed by atoms with Gasteiger partial charge in [0.15, 0.2) is 0 Å². The number of furan rings is 2. The number of aryl methyl sites for hydroxylation is 1. The van der Waals surface area contributed by atoms with Crippen LogP contribution in [0, 0.1) is 6.92 Å². The normalized spacial score (nSPS) is 12.0. The molecule has 2 aromatic heterocycles. The van der Waals surface area contributed by atoms with E-state index >= 15 is 0 Å². The lowest BCUT2D eigenvalue weighted by atomic mass is 10.0. The molecule has 2 heterocycles. The molecule has 5 aromatic rings. The lowest BCUT2D eigenvalue weighted by molar-refractivity contribution is 0.656. The van der Waals surface area contributed by atoms with E-state index in [2.05, 4.69) is 31.2 Å². The summed E-state index contributed by atoms with van der Waals surface area (Å²) in [6, 6.07) is 18.4.